The fraction of sp³-hybridized carbons (Fsp3) is 0.611. The van der Waals surface area contributed by atoms with Gasteiger partial charge < -0.3 is 10.0 Å². The normalized spacial score (nSPS) is 17.7. The van der Waals surface area contributed by atoms with Crippen LogP contribution in [0, 0.1) is 0 Å². The number of amides is 1. The molecule has 2 aromatic heterocycles. The minimum Gasteiger partial charge on any atom is -0.395 e. The maximum atomic E-state index is 13.2. The van der Waals surface area contributed by atoms with Gasteiger partial charge in [-0.1, -0.05) is 0 Å². The molecule has 2 fully saturated rings. The molecule has 4 rings (SSSR count). The molecular formula is C18H24N4O2. The summed E-state index contributed by atoms with van der Waals surface area (Å²) in [5, 5.41) is 14.6. The van der Waals surface area contributed by atoms with Gasteiger partial charge in [-0.3, -0.25) is 4.79 Å². The Morgan fingerprint density at radius 2 is 2.12 bits per heavy atom. The zero-order valence-electron chi connectivity index (χ0n) is 14.3. The number of carbonyl (C=O) groups is 1. The molecule has 0 saturated heterocycles. The van der Waals surface area contributed by atoms with Crippen LogP contribution in [0.15, 0.2) is 12.3 Å². The van der Waals surface area contributed by atoms with E-state index < -0.39 is 0 Å². The third-order valence-electron chi connectivity index (χ3n) is 4.89. The number of aliphatic hydroxyl groups is 1. The highest BCUT2D eigenvalue weighted by molar-refractivity contribution is 6.05. The predicted molar refractivity (Wildman–Crippen MR) is 91.0 cm³/mol. The summed E-state index contributed by atoms with van der Waals surface area (Å²) in [6.45, 7) is 4.53. The summed E-state index contributed by atoms with van der Waals surface area (Å²) in [4.78, 5) is 19.8. The van der Waals surface area contributed by atoms with Gasteiger partial charge in [0.25, 0.3) is 5.91 Å². The van der Waals surface area contributed by atoms with Crippen molar-refractivity contribution < 1.29 is 9.90 Å². The number of fused-ring (bicyclic) bond motifs is 1. The lowest BCUT2D eigenvalue weighted by molar-refractivity contribution is 0.0709. The number of hydrogen-bond donors (Lipinski definition) is 1. The molecule has 0 unspecified atom stereocenters. The maximum absolute atomic E-state index is 13.2. The van der Waals surface area contributed by atoms with Crippen molar-refractivity contribution in [3.05, 3.63) is 23.5 Å². The Morgan fingerprint density at radius 3 is 2.71 bits per heavy atom. The molecule has 1 amide bonds. The minimum atomic E-state index is -0.00277. The number of carbonyl (C=O) groups excluding carboxylic acids is 1. The quantitative estimate of drug-likeness (QED) is 0.884. The molecule has 0 atom stereocenters. The SMILES string of the molecule is CC(C)n1ncc2c(C(=O)N(CCO)C3CC3)cc(C3CC3)nc21. The third-order valence-corrected chi connectivity index (χ3v) is 4.89. The van der Waals surface area contributed by atoms with Crippen LogP contribution >= 0.6 is 0 Å². The van der Waals surface area contributed by atoms with Gasteiger partial charge in [0.05, 0.1) is 23.8 Å². The maximum Gasteiger partial charge on any atom is 0.255 e. The molecular weight excluding hydrogens is 304 g/mol. The van der Waals surface area contributed by atoms with Gasteiger partial charge in [-0.05, 0) is 45.6 Å². The smallest absolute Gasteiger partial charge is 0.255 e. The second kappa shape index (κ2) is 5.84. The summed E-state index contributed by atoms with van der Waals surface area (Å²) < 4.78 is 1.89. The first-order valence-electron chi connectivity index (χ1n) is 8.90. The van der Waals surface area contributed by atoms with Gasteiger partial charge in [0, 0.05) is 30.2 Å². The Bertz CT molecular complexity index is 775. The first-order chi connectivity index (χ1) is 11.6. The van der Waals surface area contributed by atoms with Crippen molar-refractivity contribution in [1.29, 1.82) is 0 Å². The monoisotopic (exact) mass is 328 g/mol. The fourth-order valence-electron chi connectivity index (χ4n) is 3.28. The van der Waals surface area contributed by atoms with Crippen molar-refractivity contribution >= 4 is 16.9 Å². The van der Waals surface area contributed by atoms with Crippen LogP contribution in [0.3, 0.4) is 0 Å². The van der Waals surface area contributed by atoms with Crippen LogP contribution in [0.1, 0.15) is 67.5 Å². The summed E-state index contributed by atoms with van der Waals surface area (Å²) in [6, 6.07) is 2.43. The van der Waals surface area contributed by atoms with E-state index in [0.717, 1.165) is 42.4 Å². The molecule has 2 aromatic rings. The van der Waals surface area contributed by atoms with E-state index in [0.29, 0.717) is 18.0 Å². The van der Waals surface area contributed by atoms with Gasteiger partial charge in [0.15, 0.2) is 5.65 Å². The molecule has 128 valence electrons. The van der Waals surface area contributed by atoms with Crippen molar-refractivity contribution in [3.63, 3.8) is 0 Å². The van der Waals surface area contributed by atoms with Crippen molar-refractivity contribution in [1.82, 2.24) is 19.7 Å². The molecule has 0 aromatic carbocycles. The van der Waals surface area contributed by atoms with Crippen LogP contribution < -0.4 is 0 Å². The molecule has 6 heteroatoms. The number of nitrogens with zero attached hydrogens (tertiary/aromatic N) is 4. The van der Waals surface area contributed by atoms with E-state index in [-0.39, 0.29) is 24.6 Å². The summed E-state index contributed by atoms with van der Waals surface area (Å²) >= 11 is 0. The van der Waals surface area contributed by atoms with Crippen LogP contribution in [-0.2, 0) is 0 Å². The van der Waals surface area contributed by atoms with Crippen molar-refractivity contribution in [2.45, 2.75) is 57.5 Å². The van der Waals surface area contributed by atoms with E-state index in [4.69, 9.17) is 4.98 Å². The van der Waals surface area contributed by atoms with Crippen LogP contribution in [0.5, 0.6) is 0 Å². The molecule has 2 aliphatic rings. The minimum absolute atomic E-state index is 0.00277. The van der Waals surface area contributed by atoms with E-state index in [1.807, 2.05) is 15.6 Å². The molecule has 2 aliphatic carbocycles. The average Bonchev–Trinajstić information content (AvgIpc) is 3.47. The Balaban J connectivity index is 1.82. The standard InChI is InChI=1S/C18H24N4O2/c1-11(2)22-17-15(10-19-22)14(9-16(20-17)12-3-4-12)18(24)21(7-8-23)13-5-6-13/h9-13,23H,3-8H2,1-2H3. The third kappa shape index (κ3) is 2.69. The first kappa shape index (κ1) is 15.6. The number of rotatable bonds is 6. The average molecular weight is 328 g/mol. The van der Waals surface area contributed by atoms with E-state index in [2.05, 4.69) is 18.9 Å². The highest BCUT2D eigenvalue weighted by atomic mass is 16.3. The number of aliphatic hydroxyl groups excluding tert-OH is 1. The Labute approximate surface area is 141 Å². The lowest BCUT2D eigenvalue weighted by atomic mass is 10.1. The molecule has 0 bridgehead atoms. The molecule has 2 saturated carbocycles. The van der Waals surface area contributed by atoms with E-state index in [9.17, 15) is 9.90 Å². The molecule has 24 heavy (non-hydrogen) atoms. The van der Waals surface area contributed by atoms with Crippen molar-refractivity contribution in [3.8, 4) is 0 Å². The molecule has 1 N–H and O–H groups in total. The zero-order chi connectivity index (χ0) is 16.8. The molecule has 2 heterocycles. The predicted octanol–water partition coefficient (Wildman–Crippen LogP) is 2.49. The van der Waals surface area contributed by atoms with E-state index in [1.165, 1.54) is 0 Å². The molecule has 0 radical (unpaired) electrons. The van der Waals surface area contributed by atoms with E-state index >= 15 is 0 Å². The topological polar surface area (TPSA) is 71.2 Å². The van der Waals surface area contributed by atoms with Crippen LogP contribution in [0.25, 0.3) is 11.0 Å². The van der Waals surface area contributed by atoms with Gasteiger partial charge in [-0.2, -0.15) is 5.10 Å². The van der Waals surface area contributed by atoms with Gasteiger partial charge in [-0.15, -0.1) is 0 Å². The highest BCUT2D eigenvalue weighted by Gasteiger charge is 2.35. The summed E-state index contributed by atoms with van der Waals surface area (Å²) in [5.41, 5.74) is 2.50. The molecule has 0 aliphatic heterocycles. The summed E-state index contributed by atoms with van der Waals surface area (Å²) in [6.07, 6.45) is 6.10. The van der Waals surface area contributed by atoms with Gasteiger partial charge in [0.1, 0.15) is 0 Å². The van der Waals surface area contributed by atoms with Crippen LogP contribution in [0.4, 0.5) is 0 Å². The van der Waals surface area contributed by atoms with Gasteiger partial charge in [0.2, 0.25) is 0 Å². The van der Waals surface area contributed by atoms with Crippen LogP contribution in [0.2, 0.25) is 0 Å². The van der Waals surface area contributed by atoms with E-state index in [1.54, 1.807) is 6.20 Å². The second-order valence-electron chi connectivity index (χ2n) is 7.24. The number of pyridine rings is 1. The fourth-order valence-corrected chi connectivity index (χ4v) is 3.28. The zero-order valence-corrected chi connectivity index (χ0v) is 14.3. The van der Waals surface area contributed by atoms with Crippen molar-refractivity contribution in [2.75, 3.05) is 13.2 Å². The lowest BCUT2D eigenvalue weighted by Gasteiger charge is -2.22. The van der Waals surface area contributed by atoms with Crippen molar-refractivity contribution in [2.24, 2.45) is 0 Å². The first-order valence-corrected chi connectivity index (χ1v) is 8.90. The number of aromatic nitrogens is 3. The highest BCUT2D eigenvalue weighted by Crippen LogP contribution is 2.40. The molecule has 0 spiro atoms. The van der Waals surface area contributed by atoms with Crippen LogP contribution in [-0.4, -0.2) is 49.9 Å². The number of hydrogen-bond acceptors (Lipinski definition) is 4. The molecule has 6 nitrogen and oxygen atoms in total. The summed E-state index contributed by atoms with van der Waals surface area (Å²) in [5.74, 6) is 0.479. The Morgan fingerprint density at radius 1 is 1.38 bits per heavy atom. The second-order valence-corrected chi connectivity index (χ2v) is 7.24. The Kier molecular flexibility index (Phi) is 3.79. The van der Waals surface area contributed by atoms with Gasteiger partial charge >= 0.3 is 0 Å². The largest absolute Gasteiger partial charge is 0.395 e. The summed E-state index contributed by atoms with van der Waals surface area (Å²) in [7, 11) is 0. The Hall–Kier alpha value is -1.95. The van der Waals surface area contributed by atoms with Gasteiger partial charge in [-0.25, -0.2) is 9.67 Å². The lowest BCUT2D eigenvalue weighted by Crippen LogP contribution is -2.35.